The number of aliphatic imine (C=N–C) groups is 2. The van der Waals surface area contributed by atoms with E-state index in [0.717, 1.165) is 22.5 Å². The van der Waals surface area contributed by atoms with Gasteiger partial charge in [-0.2, -0.15) is 4.99 Å². The van der Waals surface area contributed by atoms with Crippen molar-refractivity contribution in [1.29, 1.82) is 0 Å². The molecule has 1 atom stereocenters. The highest BCUT2D eigenvalue weighted by atomic mass is 16.2. The third-order valence-corrected chi connectivity index (χ3v) is 4.13. The zero-order valence-electron chi connectivity index (χ0n) is 15.7. The van der Waals surface area contributed by atoms with Gasteiger partial charge >= 0.3 is 0 Å². The van der Waals surface area contributed by atoms with Crippen LogP contribution in [0.1, 0.15) is 17.5 Å². The first-order valence-electron chi connectivity index (χ1n) is 8.83. The van der Waals surface area contributed by atoms with E-state index in [2.05, 4.69) is 25.9 Å². The lowest BCUT2D eigenvalue weighted by Crippen LogP contribution is -2.32. The SMILES string of the molecule is Cc1ccc(C)c(NC(=O)C[C@H]2N=C(N=C(N)Nc3ccccc3)NC2=O)c1. The lowest BCUT2D eigenvalue weighted by atomic mass is 10.1. The van der Waals surface area contributed by atoms with Crippen LogP contribution in [0.5, 0.6) is 0 Å². The molecule has 0 fully saturated rings. The van der Waals surface area contributed by atoms with E-state index >= 15 is 0 Å². The summed E-state index contributed by atoms with van der Waals surface area (Å²) in [7, 11) is 0. The van der Waals surface area contributed by atoms with Crippen molar-refractivity contribution in [3.8, 4) is 0 Å². The van der Waals surface area contributed by atoms with Crippen molar-refractivity contribution in [1.82, 2.24) is 5.32 Å². The number of nitrogens with one attached hydrogen (secondary N) is 3. The Morgan fingerprint density at radius 2 is 1.93 bits per heavy atom. The maximum absolute atomic E-state index is 12.3. The van der Waals surface area contributed by atoms with Crippen LogP contribution >= 0.6 is 0 Å². The smallest absolute Gasteiger partial charge is 0.252 e. The summed E-state index contributed by atoms with van der Waals surface area (Å²) in [5, 5.41) is 8.26. The molecule has 8 nitrogen and oxygen atoms in total. The lowest BCUT2D eigenvalue weighted by molar-refractivity contribution is -0.123. The highest BCUT2D eigenvalue weighted by molar-refractivity contribution is 6.11. The van der Waals surface area contributed by atoms with Crippen LogP contribution in [0.15, 0.2) is 58.5 Å². The number of nitrogens with two attached hydrogens (primary N) is 1. The minimum absolute atomic E-state index is 0.0791. The van der Waals surface area contributed by atoms with Gasteiger partial charge in [0.05, 0.1) is 6.42 Å². The van der Waals surface area contributed by atoms with Gasteiger partial charge in [-0.15, -0.1) is 0 Å². The number of aryl methyl sites for hydroxylation is 2. The van der Waals surface area contributed by atoms with E-state index in [1.165, 1.54) is 0 Å². The number of hydrogen-bond donors (Lipinski definition) is 4. The van der Waals surface area contributed by atoms with Crippen LogP contribution in [0, 0.1) is 13.8 Å². The van der Waals surface area contributed by atoms with E-state index in [1.54, 1.807) is 0 Å². The quantitative estimate of drug-likeness (QED) is 0.480. The number of para-hydroxylation sites is 1. The molecular formula is C20H22N6O2. The maximum atomic E-state index is 12.3. The molecule has 1 heterocycles. The summed E-state index contributed by atoms with van der Waals surface area (Å²) >= 11 is 0. The Balaban J connectivity index is 1.62. The second kappa shape index (κ2) is 8.34. The number of amides is 2. The van der Waals surface area contributed by atoms with Gasteiger partial charge in [0.2, 0.25) is 17.8 Å². The molecule has 3 rings (SSSR count). The summed E-state index contributed by atoms with van der Waals surface area (Å²) < 4.78 is 0. The molecule has 1 aliphatic rings. The zero-order valence-corrected chi connectivity index (χ0v) is 15.7. The van der Waals surface area contributed by atoms with Crippen LogP contribution in [0.25, 0.3) is 0 Å². The topological polar surface area (TPSA) is 121 Å². The number of rotatable bonds is 4. The predicted octanol–water partition coefficient (Wildman–Crippen LogP) is 1.91. The number of carbonyl (C=O) groups is 2. The van der Waals surface area contributed by atoms with Crippen LogP contribution in [0.3, 0.4) is 0 Å². The Hall–Kier alpha value is -3.68. The molecule has 0 saturated carbocycles. The molecule has 2 amide bonds. The van der Waals surface area contributed by atoms with Gasteiger partial charge in [0.15, 0.2) is 0 Å². The van der Waals surface area contributed by atoms with Gasteiger partial charge in [-0.05, 0) is 43.2 Å². The summed E-state index contributed by atoms with van der Waals surface area (Å²) in [4.78, 5) is 32.6. The van der Waals surface area contributed by atoms with Crippen LogP contribution in [-0.4, -0.2) is 29.8 Å². The minimum Gasteiger partial charge on any atom is -0.369 e. The van der Waals surface area contributed by atoms with Crippen molar-refractivity contribution in [2.45, 2.75) is 26.3 Å². The van der Waals surface area contributed by atoms with Gasteiger partial charge in [-0.3, -0.25) is 14.9 Å². The lowest BCUT2D eigenvalue weighted by Gasteiger charge is -2.10. The Morgan fingerprint density at radius 3 is 2.68 bits per heavy atom. The molecule has 144 valence electrons. The number of nitrogens with zero attached hydrogens (tertiary/aromatic N) is 2. The fraction of sp³-hybridized carbons (Fsp3) is 0.200. The van der Waals surface area contributed by atoms with Gasteiger partial charge in [-0.1, -0.05) is 30.3 Å². The van der Waals surface area contributed by atoms with Gasteiger partial charge in [0, 0.05) is 11.4 Å². The molecular weight excluding hydrogens is 356 g/mol. The molecule has 0 bridgehead atoms. The van der Waals surface area contributed by atoms with Crippen molar-refractivity contribution < 1.29 is 9.59 Å². The summed E-state index contributed by atoms with van der Waals surface area (Å²) in [6.45, 7) is 3.85. The number of carbonyl (C=O) groups excluding carboxylic acids is 2. The van der Waals surface area contributed by atoms with Crippen molar-refractivity contribution >= 4 is 35.1 Å². The second-order valence-electron chi connectivity index (χ2n) is 6.52. The average molecular weight is 378 g/mol. The Labute approximate surface area is 163 Å². The molecule has 0 radical (unpaired) electrons. The van der Waals surface area contributed by atoms with Crippen LogP contribution in [0.4, 0.5) is 11.4 Å². The molecule has 0 saturated heterocycles. The van der Waals surface area contributed by atoms with Crippen molar-refractivity contribution in [3.63, 3.8) is 0 Å². The molecule has 28 heavy (non-hydrogen) atoms. The number of benzene rings is 2. The van der Waals surface area contributed by atoms with Crippen molar-refractivity contribution in [2.75, 3.05) is 10.6 Å². The highest BCUT2D eigenvalue weighted by Crippen LogP contribution is 2.17. The standard InChI is InChI=1S/C20H22N6O2/c1-12-8-9-13(2)15(10-12)23-17(27)11-16-18(28)25-20(24-16)26-19(21)22-14-6-4-3-5-7-14/h3-10,16H,11H2,1-2H3,(H,23,27)(H4,21,22,24,25,26,28)/t16-/m1/s1. The Kier molecular flexibility index (Phi) is 5.69. The highest BCUT2D eigenvalue weighted by Gasteiger charge is 2.28. The first-order valence-corrected chi connectivity index (χ1v) is 8.83. The van der Waals surface area contributed by atoms with E-state index in [9.17, 15) is 9.59 Å². The monoisotopic (exact) mass is 378 g/mol. The molecule has 8 heteroatoms. The minimum atomic E-state index is -0.839. The number of anilines is 2. The molecule has 0 spiro atoms. The number of hydrogen-bond acceptors (Lipinski definition) is 4. The molecule has 0 aromatic heterocycles. The summed E-state index contributed by atoms with van der Waals surface area (Å²) in [6.07, 6.45) is -0.0791. The Bertz CT molecular complexity index is 952. The fourth-order valence-corrected chi connectivity index (χ4v) is 2.69. The van der Waals surface area contributed by atoms with Crippen LogP contribution in [-0.2, 0) is 9.59 Å². The third kappa shape index (κ3) is 4.94. The average Bonchev–Trinajstić information content (AvgIpc) is 2.97. The van der Waals surface area contributed by atoms with E-state index in [0.29, 0.717) is 0 Å². The zero-order chi connectivity index (χ0) is 20.1. The maximum Gasteiger partial charge on any atom is 0.252 e. The fourth-order valence-electron chi connectivity index (χ4n) is 2.69. The van der Waals surface area contributed by atoms with Crippen LogP contribution < -0.4 is 21.7 Å². The van der Waals surface area contributed by atoms with E-state index in [4.69, 9.17) is 5.73 Å². The molecule has 5 N–H and O–H groups in total. The molecule has 2 aromatic rings. The van der Waals surface area contributed by atoms with Gasteiger partial charge in [0.1, 0.15) is 6.04 Å². The molecule has 2 aromatic carbocycles. The summed E-state index contributed by atoms with van der Waals surface area (Å²) in [6, 6.07) is 14.2. The van der Waals surface area contributed by atoms with Gasteiger partial charge < -0.3 is 16.4 Å². The Morgan fingerprint density at radius 1 is 1.18 bits per heavy atom. The van der Waals surface area contributed by atoms with Crippen molar-refractivity contribution in [2.24, 2.45) is 15.7 Å². The van der Waals surface area contributed by atoms with Gasteiger partial charge in [-0.25, -0.2) is 4.99 Å². The van der Waals surface area contributed by atoms with Gasteiger partial charge in [0.25, 0.3) is 5.91 Å². The molecule has 0 unspecified atom stereocenters. The summed E-state index contributed by atoms with van der Waals surface area (Å²) in [5.41, 5.74) is 9.31. The van der Waals surface area contributed by atoms with Crippen molar-refractivity contribution in [3.05, 3.63) is 59.7 Å². The number of guanidine groups is 2. The van der Waals surface area contributed by atoms with E-state index in [1.807, 2.05) is 62.4 Å². The molecule has 1 aliphatic heterocycles. The summed E-state index contributed by atoms with van der Waals surface area (Å²) in [5.74, 6) is -0.512. The first-order chi connectivity index (χ1) is 13.4. The first kappa shape index (κ1) is 19.1. The predicted molar refractivity (Wildman–Crippen MR) is 110 cm³/mol. The molecule has 0 aliphatic carbocycles. The third-order valence-electron chi connectivity index (χ3n) is 4.13. The second-order valence-corrected chi connectivity index (χ2v) is 6.52. The van der Waals surface area contributed by atoms with E-state index in [-0.39, 0.29) is 30.2 Å². The van der Waals surface area contributed by atoms with Crippen LogP contribution in [0.2, 0.25) is 0 Å². The largest absolute Gasteiger partial charge is 0.369 e. The van der Waals surface area contributed by atoms with E-state index < -0.39 is 6.04 Å². The normalized spacial score (nSPS) is 16.4.